The summed E-state index contributed by atoms with van der Waals surface area (Å²) in [5.74, 6) is -5.02. The quantitative estimate of drug-likeness (QED) is 0.614. The van der Waals surface area contributed by atoms with Crippen molar-refractivity contribution in [3.8, 4) is 0 Å². The molecule has 0 aromatic heterocycles. The average molecular weight is 324 g/mol. The Morgan fingerprint density at radius 1 is 1.28 bits per heavy atom. The summed E-state index contributed by atoms with van der Waals surface area (Å²) in [5, 5.41) is 0.516. The Bertz CT molecular complexity index is 451. The molecule has 18 heavy (non-hydrogen) atoms. The van der Waals surface area contributed by atoms with Gasteiger partial charge in [0.05, 0.1) is 5.56 Å². The van der Waals surface area contributed by atoms with Gasteiger partial charge in [-0.3, -0.25) is 4.79 Å². The van der Waals surface area contributed by atoms with E-state index in [0.717, 1.165) is 12.1 Å². The zero-order chi connectivity index (χ0) is 13.9. The van der Waals surface area contributed by atoms with Crippen LogP contribution in [0.2, 0.25) is 0 Å². The maximum absolute atomic E-state index is 13.5. The van der Waals surface area contributed by atoms with Crippen molar-refractivity contribution >= 4 is 21.8 Å². The largest absolute Gasteiger partial charge is 0.335 e. The van der Waals surface area contributed by atoms with E-state index in [1.54, 1.807) is 13.8 Å². The number of nitrogens with zero attached hydrogens (tertiary/aromatic N) is 1. The molecule has 0 saturated carbocycles. The first kappa shape index (κ1) is 15.0. The van der Waals surface area contributed by atoms with Crippen molar-refractivity contribution in [3.63, 3.8) is 0 Å². The summed E-state index contributed by atoms with van der Waals surface area (Å²) in [6, 6.07) is 1.54. The predicted octanol–water partition coefficient (Wildman–Crippen LogP) is 3.35. The third kappa shape index (κ3) is 3.04. The lowest BCUT2D eigenvalue weighted by atomic mass is 10.1. The van der Waals surface area contributed by atoms with Gasteiger partial charge in [-0.25, -0.2) is 13.2 Å². The van der Waals surface area contributed by atoms with E-state index in [1.807, 2.05) is 0 Å². The second-order valence-corrected chi connectivity index (χ2v) is 4.80. The highest BCUT2D eigenvalue weighted by molar-refractivity contribution is 9.09. The van der Waals surface area contributed by atoms with Crippen molar-refractivity contribution in [1.29, 1.82) is 0 Å². The fourth-order valence-corrected chi connectivity index (χ4v) is 1.91. The molecule has 0 atom stereocenters. The van der Waals surface area contributed by atoms with Gasteiger partial charge >= 0.3 is 0 Å². The summed E-state index contributed by atoms with van der Waals surface area (Å²) >= 11 is 3.18. The molecule has 0 spiro atoms. The first-order chi connectivity index (χ1) is 8.40. The number of halogens is 4. The third-order valence-electron chi connectivity index (χ3n) is 2.48. The standard InChI is InChI=1S/C12H13BrF3NO/c1-7(2)17(6-5-13)12(18)8-3-4-9(14)11(16)10(8)15/h3-4,7H,5-6H2,1-2H3. The van der Waals surface area contributed by atoms with Crippen LogP contribution < -0.4 is 0 Å². The van der Waals surface area contributed by atoms with Crippen molar-refractivity contribution in [1.82, 2.24) is 4.90 Å². The number of rotatable bonds is 4. The van der Waals surface area contributed by atoms with Crippen LogP contribution in [-0.4, -0.2) is 28.7 Å². The smallest absolute Gasteiger partial charge is 0.257 e. The van der Waals surface area contributed by atoms with Gasteiger partial charge in [0.25, 0.3) is 5.91 Å². The van der Waals surface area contributed by atoms with Crippen LogP contribution in [0, 0.1) is 17.5 Å². The van der Waals surface area contributed by atoms with Crippen molar-refractivity contribution < 1.29 is 18.0 Å². The Balaban J connectivity index is 3.13. The van der Waals surface area contributed by atoms with E-state index in [1.165, 1.54) is 4.90 Å². The normalized spacial score (nSPS) is 10.8. The molecular weight excluding hydrogens is 311 g/mol. The van der Waals surface area contributed by atoms with Crippen LogP contribution in [-0.2, 0) is 0 Å². The van der Waals surface area contributed by atoms with Crippen LogP contribution in [0.15, 0.2) is 12.1 Å². The van der Waals surface area contributed by atoms with Gasteiger partial charge in [0, 0.05) is 17.9 Å². The molecule has 100 valence electrons. The molecule has 0 aliphatic heterocycles. The summed E-state index contributed by atoms with van der Waals surface area (Å²) in [6.07, 6.45) is 0. The number of carbonyl (C=O) groups excluding carboxylic acids is 1. The zero-order valence-corrected chi connectivity index (χ0v) is 11.6. The van der Waals surface area contributed by atoms with Crippen LogP contribution in [0.3, 0.4) is 0 Å². The molecule has 0 bridgehead atoms. The van der Waals surface area contributed by atoms with E-state index in [4.69, 9.17) is 0 Å². The first-order valence-electron chi connectivity index (χ1n) is 5.40. The summed E-state index contributed by atoms with van der Waals surface area (Å²) < 4.78 is 39.4. The molecule has 1 aromatic rings. The minimum Gasteiger partial charge on any atom is -0.335 e. The third-order valence-corrected chi connectivity index (χ3v) is 2.83. The van der Waals surface area contributed by atoms with E-state index < -0.39 is 28.9 Å². The van der Waals surface area contributed by atoms with Gasteiger partial charge in [0.15, 0.2) is 17.5 Å². The number of amides is 1. The summed E-state index contributed by atoms with van der Waals surface area (Å²) in [5.41, 5.74) is -0.455. The number of hydrogen-bond acceptors (Lipinski definition) is 1. The van der Waals surface area contributed by atoms with Crippen molar-refractivity contribution in [2.45, 2.75) is 19.9 Å². The molecule has 1 rings (SSSR count). The van der Waals surface area contributed by atoms with Gasteiger partial charge in [-0.1, -0.05) is 15.9 Å². The molecule has 1 aromatic carbocycles. The molecule has 0 heterocycles. The highest BCUT2D eigenvalue weighted by Crippen LogP contribution is 2.18. The molecule has 0 aliphatic rings. The molecule has 0 radical (unpaired) electrons. The molecular formula is C12H13BrF3NO. The molecule has 0 saturated heterocycles. The molecule has 2 nitrogen and oxygen atoms in total. The van der Waals surface area contributed by atoms with Gasteiger partial charge in [-0.05, 0) is 26.0 Å². The van der Waals surface area contributed by atoms with Gasteiger partial charge in [-0.15, -0.1) is 0 Å². The molecule has 1 amide bonds. The summed E-state index contributed by atoms with van der Waals surface area (Å²) in [4.78, 5) is 13.4. The Morgan fingerprint density at radius 2 is 1.89 bits per heavy atom. The van der Waals surface area contributed by atoms with Gasteiger partial charge in [0.2, 0.25) is 0 Å². The number of benzene rings is 1. The highest BCUT2D eigenvalue weighted by Gasteiger charge is 2.24. The fourth-order valence-electron chi connectivity index (χ4n) is 1.53. The maximum Gasteiger partial charge on any atom is 0.257 e. The Labute approximate surface area is 112 Å². The molecule has 6 heteroatoms. The van der Waals surface area contributed by atoms with Gasteiger partial charge in [-0.2, -0.15) is 0 Å². The molecule has 0 fully saturated rings. The van der Waals surface area contributed by atoms with Crippen molar-refractivity contribution in [3.05, 3.63) is 35.1 Å². The Hall–Kier alpha value is -1.04. The van der Waals surface area contributed by atoms with Crippen LogP contribution in [0.25, 0.3) is 0 Å². The summed E-state index contributed by atoms with van der Waals surface area (Å²) in [7, 11) is 0. The predicted molar refractivity (Wildman–Crippen MR) is 66.3 cm³/mol. The van der Waals surface area contributed by atoms with Gasteiger partial charge < -0.3 is 4.90 Å². The summed E-state index contributed by atoms with van der Waals surface area (Å²) in [6.45, 7) is 3.88. The first-order valence-corrected chi connectivity index (χ1v) is 6.52. The van der Waals surface area contributed by atoms with E-state index in [0.29, 0.717) is 11.9 Å². The Morgan fingerprint density at radius 3 is 2.39 bits per heavy atom. The van der Waals surface area contributed by atoms with E-state index >= 15 is 0 Å². The maximum atomic E-state index is 13.5. The van der Waals surface area contributed by atoms with Crippen LogP contribution in [0.4, 0.5) is 13.2 Å². The van der Waals surface area contributed by atoms with Crippen LogP contribution in [0.1, 0.15) is 24.2 Å². The minimum absolute atomic E-state index is 0.164. The highest BCUT2D eigenvalue weighted by atomic mass is 79.9. The average Bonchev–Trinajstić information content (AvgIpc) is 2.32. The van der Waals surface area contributed by atoms with E-state index in [9.17, 15) is 18.0 Å². The number of hydrogen-bond donors (Lipinski definition) is 0. The van der Waals surface area contributed by atoms with Crippen molar-refractivity contribution in [2.75, 3.05) is 11.9 Å². The second-order valence-electron chi connectivity index (χ2n) is 4.00. The van der Waals surface area contributed by atoms with Crippen molar-refractivity contribution in [2.24, 2.45) is 0 Å². The topological polar surface area (TPSA) is 20.3 Å². The minimum atomic E-state index is -1.62. The second kappa shape index (κ2) is 6.22. The number of carbonyl (C=O) groups is 1. The lowest BCUT2D eigenvalue weighted by Gasteiger charge is -2.26. The van der Waals surface area contributed by atoms with E-state index in [-0.39, 0.29) is 6.04 Å². The fraction of sp³-hybridized carbons (Fsp3) is 0.417. The SMILES string of the molecule is CC(C)N(CCBr)C(=O)c1ccc(F)c(F)c1F. The Kier molecular flexibility index (Phi) is 5.19. The molecule has 0 unspecified atom stereocenters. The van der Waals surface area contributed by atoms with Crippen LogP contribution in [0.5, 0.6) is 0 Å². The van der Waals surface area contributed by atoms with E-state index in [2.05, 4.69) is 15.9 Å². The zero-order valence-electron chi connectivity index (χ0n) is 10.0. The van der Waals surface area contributed by atoms with Crippen LogP contribution >= 0.6 is 15.9 Å². The lowest BCUT2D eigenvalue weighted by Crippen LogP contribution is -2.38. The lowest BCUT2D eigenvalue weighted by molar-refractivity contribution is 0.0713. The monoisotopic (exact) mass is 323 g/mol. The number of alkyl halides is 1. The van der Waals surface area contributed by atoms with Gasteiger partial charge in [0.1, 0.15) is 0 Å². The molecule has 0 aliphatic carbocycles. The molecule has 0 N–H and O–H groups in total.